The van der Waals surface area contributed by atoms with Crippen LogP contribution >= 0.6 is 7.37 Å². The van der Waals surface area contributed by atoms with Gasteiger partial charge in [-0.05, 0) is 18.4 Å². The fourth-order valence-electron chi connectivity index (χ4n) is 2.63. The summed E-state index contributed by atoms with van der Waals surface area (Å²) in [5.74, 6) is -1.40. The lowest BCUT2D eigenvalue weighted by molar-refractivity contribution is -0.147. The molecule has 2 rings (SSSR count). The zero-order chi connectivity index (χ0) is 16.9. The molecule has 7 heteroatoms. The van der Waals surface area contributed by atoms with Crippen molar-refractivity contribution in [1.82, 2.24) is 4.90 Å². The van der Waals surface area contributed by atoms with Gasteiger partial charge in [-0.2, -0.15) is 0 Å². The first-order valence-electron chi connectivity index (χ1n) is 7.74. The molecule has 2 atom stereocenters. The maximum atomic E-state index is 12.8. The molecule has 1 aromatic rings. The smallest absolute Gasteiger partial charge is 0.326 e. The average molecular weight is 339 g/mol. The number of hydrogen-bond acceptors (Lipinski definition) is 4. The second-order valence-corrected chi connectivity index (χ2v) is 8.47. The topological polar surface area (TPSA) is 83.9 Å². The van der Waals surface area contributed by atoms with E-state index in [1.807, 2.05) is 30.3 Å². The monoisotopic (exact) mass is 339 g/mol. The molecular formula is C16H22NO5P. The van der Waals surface area contributed by atoms with Gasteiger partial charge < -0.3 is 14.5 Å². The van der Waals surface area contributed by atoms with Gasteiger partial charge in [0.1, 0.15) is 12.2 Å². The Morgan fingerprint density at radius 3 is 2.65 bits per heavy atom. The van der Waals surface area contributed by atoms with Crippen molar-refractivity contribution in [2.45, 2.75) is 32.4 Å². The third-order valence-corrected chi connectivity index (χ3v) is 6.34. The van der Waals surface area contributed by atoms with E-state index in [0.717, 1.165) is 5.56 Å². The van der Waals surface area contributed by atoms with Gasteiger partial charge in [0.05, 0.1) is 6.61 Å². The van der Waals surface area contributed by atoms with Crippen LogP contribution in [0.4, 0.5) is 0 Å². The number of amides is 1. The van der Waals surface area contributed by atoms with E-state index < -0.39 is 25.3 Å². The lowest BCUT2D eigenvalue weighted by Gasteiger charge is -2.24. The number of hydrogen-bond donors (Lipinski definition) is 1. The van der Waals surface area contributed by atoms with Crippen LogP contribution < -0.4 is 0 Å². The third-order valence-electron chi connectivity index (χ3n) is 4.03. The maximum absolute atomic E-state index is 12.8. The molecule has 1 amide bonds. The van der Waals surface area contributed by atoms with Gasteiger partial charge in [0.2, 0.25) is 13.3 Å². The van der Waals surface area contributed by atoms with Crippen LogP contribution in [0.25, 0.3) is 0 Å². The minimum atomic E-state index is -3.12. The Labute approximate surface area is 135 Å². The molecule has 126 valence electrons. The number of aliphatic carboxylic acids is 1. The first kappa shape index (κ1) is 17.7. The lowest BCUT2D eigenvalue weighted by Crippen LogP contribution is -2.41. The van der Waals surface area contributed by atoms with Gasteiger partial charge >= 0.3 is 5.97 Å². The van der Waals surface area contributed by atoms with Crippen molar-refractivity contribution in [2.75, 3.05) is 18.9 Å². The van der Waals surface area contributed by atoms with Gasteiger partial charge in [-0.25, -0.2) is 4.79 Å². The average Bonchev–Trinajstić information content (AvgIpc) is 3.04. The van der Waals surface area contributed by atoms with E-state index in [1.165, 1.54) is 4.90 Å². The van der Waals surface area contributed by atoms with E-state index in [4.69, 9.17) is 9.63 Å². The number of carbonyl (C=O) groups excluding carboxylic acids is 1. The molecule has 0 bridgehead atoms. The highest BCUT2D eigenvalue weighted by Gasteiger charge is 2.37. The Hall–Kier alpha value is -1.65. The molecule has 1 aliphatic rings. The second kappa shape index (κ2) is 7.75. The molecule has 1 fully saturated rings. The number of carboxylic acids is 1. The molecule has 0 aliphatic carbocycles. The summed E-state index contributed by atoms with van der Waals surface area (Å²) >= 11 is 0. The maximum Gasteiger partial charge on any atom is 0.326 e. The highest BCUT2D eigenvalue weighted by atomic mass is 31.2. The van der Waals surface area contributed by atoms with Crippen molar-refractivity contribution >= 4 is 19.2 Å². The van der Waals surface area contributed by atoms with E-state index in [9.17, 15) is 14.2 Å². The first-order valence-corrected chi connectivity index (χ1v) is 9.73. The summed E-state index contributed by atoms with van der Waals surface area (Å²) in [6.45, 7) is 2.30. The first-order chi connectivity index (χ1) is 10.9. The Bertz CT molecular complexity index is 604. The van der Waals surface area contributed by atoms with E-state index in [1.54, 1.807) is 6.92 Å². The van der Waals surface area contributed by atoms with Gasteiger partial charge in [-0.15, -0.1) is 0 Å². The number of likely N-dealkylation sites (tertiary alicyclic amines) is 1. The van der Waals surface area contributed by atoms with Crippen LogP contribution in [-0.2, 0) is 25.3 Å². The molecular weight excluding hydrogens is 317 g/mol. The van der Waals surface area contributed by atoms with Gasteiger partial charge in [0, 0.05) is 12.7 Å². The zero-order valence-electron chi connectivity index (χ0n) is 13.2. The zero-order valence-corrected chi connectivity index (χ0v) is 14.1. The van der Waals surface area contributed by atoms with Crippen LogP contribution in [0.3, 0.4) is 0 Å². The van der Waals surface area contributed by atoms with Gasteiger partial charge in [-0.1, -0.05) is 37.3 Å². The van der Waals surface area contributed by atoms with Gasteiger partial charge in [-0.3, -0.25) is 9.36 Å². The molecule has 0 aromatic heterocycles. The van der Waals surface area contributed by atoms with Crippen molar-refractivity contribution in [3.05, 3.63) is 35.9 Å². The van der Waals surface area contributed by atoms with Crippen molar-refractivity contribution in [3.63, 3.8) is 0 Å². The standard InChI is InChI=1S/C16H22NO5P/c1-2-23(21,22-11-13-7-4-3-5-8-13)12-15(18)17-10-6-9-14(17)16(19)20/h3-5,7-8,14H,2,6,9-12H2,1H3,(H,19,20)/t14-,23?/m0/s1. The largest absolute Gasteiger partial charge is 0.480 e. The molecule has 0 radical (unpaired) electrons. The molecule has 0 spiro atoms. The molecule has 23 heavy (non-hydrogen) atoms. The predicted octanol–water partition coefficient (Wildman–Crippen LogP) is 2.58. The SMILES string of the molecule is CCP(=O)(CC(=O)N1CCC[C@H]1C(=O)O)OCc1ccccc1. The number of carbonyl (C=O) groups is 2. The van der Waals surface area contributed by atoms with Gasteiger partial charge in [0.25, 0.3) is 0 Å². The van der Waals surface area contributed by atoms with E-state index in [2.05, 4.69) is 0 Å². The minimum absolute atomic E-state index is 0.182. The number of benzene rings is 1. The van der Waals surface area contributed by atoms with Crippen molar-refractivity contribution < 1.29 is 23.8 Å². The summed E-state index contributed by atoms with van der Waals surface area (Å²) in [5, 5.41) is 9.15. The Balaban J connectivity index is 1.98. The van der Waals surface area contributed by atoms with E-state index in [0.29, 0.717) is 19.4 Å². The fourth-order valence-corrected chi connectivity index (χ4v) is 4.11. The molecule has 1 saturated heterocycles. The highest BCUT2D eigenvalue weighted by Crippen LogP contribution is 2.47. The summed E-state index contributed by atoms with van der Waals surface area (Å²) in [6, 6.07) is 8.53. The van der Waals surface area contributed by atoms with E-state index >= 15 is 0 Å². The molecule has 6 nitrogen and oxygen atoms in total. The van der Waals surface area contributed by atoms with Crippen LogP contribution in [0, 0.1) is 0 Å². The fraction of sp³-hybridized carbons (Fsp3) is 0.500. The van der Waals surface area contributed by atoms with Crippen molar-refractivity contribution in [3.8, 4) is 0 Å². The third kappa shape index (κ3) is 4.66. The number of nitrogens with zero attached hydrogens (tertiary/aromatic N) is 1. The summed E-state index contributed by atoms with van der Waals surface area (Å²) in [4.78, 5) is 24.8. The molecule has 0 saturated carbocycles. The summed E-state index contributed by atoms with van der Waals surface area (Å²) < 4.78 is 18.3. The Morgan fingerprint density at radius 1 is 1.35 bits per heavy atom. The summed E-state index contributed by atoms with van der Waals surface area (Å²) in [6.07, 6.45) is 1.11. The number of rotatable bonds is 7. The Morgan fingerprint density at radius 2 is 2.04 bits per heavy atom. The van der Waals surface area contributed by atoms with Crippen LogP contribution in [0.15, 0.2) is 30.3 Å². The second-order valence-electron chi connectivity index (χ2n) is 5.63. The van der Waals surface area contributed by atoms with Crippen LogP contribution in [0.1, 0.15) is 25.3 Å². The lowest BCUT2D eigenvalue weighted by atomic mass is 10.2. The van der Waals surface area contributed by atoms with Crippen LogP contribution in [-0.4, -0.2) is 46.8 Å². The van der Waals surface area contributed by atoms with E-state index in [-0.39, 0.29) is 18.9 Å². The summed E-state index contributed by atoms with van der Waals surface area (Å²) in [5.41, 5.74) is 0.887. The highest BCUT2D eigenvalue weighted by molar-refractivity contribution is 7.59. The number of carboxylic acid groups (broad SMARTS) is 1. The normalized spacial score (nSPS) is 20.2. The van der Waals surface area contributed by atoms with Gasteiger partial charge in [0.15, 0.2) is 0 Å². The minimum Gasteiger partial charge on any atom is -0.480 e. The molecule has 1 aliphatic heterocycles. The molecule has 1 heterocycles. The molecule has 1 unspecified atom stereocenters. The van der Waals surface area contributed by atoms with Crippen molar-refractivity contribution in [2.24, 2.45) is 0 Å². The van der Waals surface area contributed by atoms with Crippen molar-refractivity contribution in [1.29, 1.82) is 0 Å². The van der Waals surface area contributed by atoms with Crippen LogP contribution in [0.5, 0.6) is 0 Å². The van der Waals surface area contributed by atoms with Crippen LogP contribution in [0.2, 0.25) is 0 Å². The Kier molecular flexibility index (Phi) is 5.97. The summed E-state index contributed by atoms with van der Waals surface area (Å²) in [7, 11) is -3.12. The molecule has 1 N–H and O–H groups in total. The predicted molar refractivity (Wildman–Crippen MR) is 86.6 cm³/mol. The molecule has 1 aromatic carbocycles. The quantitative estimate of drug-likeness (QED) is 0.772.